The Morgan fingerprint density at radius 3 is 2.70 bits per heavy atom. The predicted molar refractivity (Wildman–Crippen MR) is 128 cm³/mol. The summed E-state index contributed by atoms with van der Waals surface area (Å²) < 4.78 is 17.6. The number of hydrogen-bond donors (Lipinski definition) is 1. The number of rotatable bonds is 6. The molecule has 1 N–H and O–H groups in total. The third-order valence-corrected chi connectivity index (χ3v) is 6.50. The number of nitrogens with one attached hydrogen (secondary N) is 1. The maximum absolute atomic E-state index is 13.0. The molecule has 0 radical (unpaired) electrons. The molecule has 1 aliphatic carbocycles. The van der Waals surface area contributed by atoms with Crippen molar-refractivity contribution in [3.63, 3.8) is 0 Å². The predicted octanol–water partition coefficient (Wildman–Crippen LogP) is 5.18. The average molecular weight is 512 g/mol. The zero-order valence-electron chi connectivity index (χ0n) is 18.9. The first-order chi connectivity index (χ1) is 15.9. The third-order valence-electron chi connectivity index (χ3n) is 6.01. The van der Waals surface area contributed by atoms with Gasteiger partial charge in [0.1, 0.15) is 18.1 Å². The molecule has 7 heteroatoms. The van der Waals surface area contributed by atoms with Crippen molar-refractivity contribution >= 4 is 27.7 Å². The van der Waals surface area contributed by atoms with Gasteiger partial charge in [0.05, 0.1) is 19.8 Å². The molecule has 1 heterocycles. The minimum atomic E-state index is -0.503. The molecule has 0 aromatic heterocycles. The number of benzene rings is 2. The molecule has 2 aromatic carbocycles. The number of dihydropyridines is 1. The van der Waals surface area contributed by atoms with Gasteiger partial charge in [0.2, 0.25) is 0 Å². The van der Waals surface area contributed by atoms with Gasteiger partial charge in [-0.3, -0.25) is 4.79 Å². The van der Waals surface area contributed by atoms with Gasteiger partial charge in [0.25, 0.3) is 0 Å². The van der Waals surface area contributed by atoms with Gasteiger partial charge in [0.15, 0.2) is 5.78 Å². The van der Waals surface area contributed by atoms with E-state index in [-0.39, 0.29) is 12.4 Å². The molecule has 0 amide bonds. The van der Waals surface area contributed by atoms with Crippen molar-refractivity contribution in [1.29, 1.82) is 0 Å². The molecule has 1 atom stereocenters. The van der Waals surface area contributed by atoms with Crippen molar-refractivity contribution in [3.8, 4) is 11.5 Å². The Kier molecular flexibility index (Phi) is 6.88. The van der Waals surface area contributed by atoms with Crippen LogP contribution in [0.3, 0.4) is 0 Å². The van der Waals surface area contributed by atoms with Gasteiger partial charge in [-0.15, -0.1) is 0 Å². The monoisotopic (exact) mass is 511 g/mol. The topological polar surface area (TPSA) is 73.9 Å². The van der Waals surface area contributed by atoms with Crippen molar-refractivity contribution in [3.05, 3.63) is 80.6 Å². The quantitative estimate of drug-likeness (QED) is 0.538. The van der Waals surface area contributed by atoms with E-state index in [4.69, 9.17) is 14.2 Å². The van der Waals surface area contributed by atoms with E-state index in [1.807, 2.05) is 49.4 Å². The van der Waals surface area contributed by atoms with Crippen LogP contribution in [0.2, 0.25) is 0 Å². The first-order valence-electron chi connectivity index (χ1n) is 10.8. The zero-order valence-corrected chi connectivity index (χ0v) is 20.5. The van der Waals surface area contributed by atoms with E-state index in [1.165, 1.54) is 7.11 Å². The number of carbonyl (C=O) groups excluding carboxylic acids is 2. The van der Waals surface area contributed by atoms with Crippen LogP contribution in [0.4, 0.5) is 0 Å². The molecule has 172 valence electrons. The number of ketones is 1. The lowest BCUT2D eigenvalue weighted by atomic mass is 9.75. The summed E-state index contributed by atoms with van der Waals surface area (Å²) in [6.45, 7) is 2.12. The SMILES string of the molecule is COC(=O)C1=C(C)NC2=C(C(=O)CCC2)[C@H]1c1ccc(OC)c(COc2cccc(Br)c2)c1. The summed E-state index contributed by atoms with van der Waals surface area (Å²) in [7, 11) is 2.97. The highest BCUT2D eigenvalue weighted by Gasteiger charge is 2.39. The van der Waals surface area contributed by atoms with Crippen molar-refractivity contribution in [1.82, 2.24) is 5.32 Å². The first kappa shape index (κ1) is 23.1. The number of allylic oxidation sites excluding steroid dienone is 3. The second-order valence-electron chi connectivity index (χ2n) is 8.07. The van der Waals surface area contributed by atoms with Crippen LogP contribution in [0.5, 0.6) is 11.5 Å². The summed E-state index contributed by atoms with van der Waals surface area (Å²) in [5.41, 5.74) is 4.35. The minimum Gasteiger partial charge on any atom is -0.496 e. The van der Waals surface area contributed by atoms with E-state index in [2.05, 4.69) is 21.2 Å². The normalized spacial score (nSPS) is 17.9. The fourth-order valence-electron chi connectivity index (χ4n) is 4.51. The van der Waals surface area contributed by atoms with E-state index < -0.39 is 11.9 Å². The van der Waals surface area contributed by atoms with Crippen LogP contribution >= 0.6 is 15.9 Å². The largest absolute Gasteiger partial charge is 0.496 e. The fraction of sp³-hybridized carbons (Fsp3) is 0.308. The van der Waals surface area contributed by atoms with Crippen LogP contribution < -0.4 is 14.8 Å². The van der Waals surface area contributed by atoms with E-state index in [9.17, 15) is 9.59 Å². The summed E-state index contributed by atoms with van der Waals surface area (Å²) in [4.78, 5) is 25.8. The molecular formula is C26H26BrNO5. The maximum Gasteiger partial charge on any atom is 0.336 e. The first-order valence-corrected chi connectivity index (χ1v) is 11.6. The van der Waals surface area contributed by atoms with Crippen LogP contribution in [-0.4, -0.2) is 26.0 Å². The molecule has 0 fully saturated rings. The van der Waals surface area contributed by atoms with E-state index in [0.717, 1.165) is 39.9 Å². The van der Waals surface area contributed by atoms with Crippen LogP contribution in [0.15, 0.2) is 69.5 Å². The Balaban J connectivity index is 1.76. The summed E-state index contributed by atoms with van der Waals surface area (Å²) in [5.74, 6) is 0.504. The second kappa shape index (κ2) is 9.83. The molecule has 2 aliphatic rings. The molecule has 0 bridgehead atoms. The van der Waals surface area contributed by atoms with Crippen molar-refractivity contribution < 1.29 is 23.8 Å². The van der Waals surface area contributed by atoms with E-state index in [1.54, 1.807) is 7.11 Å². The molecule has 0 unspecified atom stereocenters. The molecule has 1 aliphatic heterocycles. The van der Waals surface area contributed by atoms with Crippen LogP contribution in [0.25, 0.3) is 0 Å². The third kappa shape index (κ3) is 4.69. The van der Waals surface area contributed by atoms with Crippen LogP contribution in [0, 0.1) is 0 Å². The number of ether oxygens (including phenoxy) is 3. The Morgan fingerprint density at radius 2 is 1.97 bits per heavy atom. The van der Waals surface area contributed by atoms with Gasteiger partial charge < -0.3 is 19.5 Å². The van der Waals surface area contributed by atoms with Crippen molar-refractivity contribution in [2.24, 2.45) is 0 Å². The highest BCUT2D eigenvalue weighted by atomic mass is 79.9. The lowest BCUT2D eigenvalue weighted by molar-refractivity contribution is -0.136. The van der Waals surface area contributed by atoms with Gasteiger partial charge in [0, 0.05) is 39.3 Å². The molecule has 0 saturated heterocycles. The number of carbonyl (C=O) groups is 2. The Hall–Kier alpha value is -3.06. The second-order valence-corrected chi connectivity index (χ2v) is 8.99. The molecule has 33 heavy (non-hydrogen) atoms. The van der Waals surface area contributed by atoms with Gasteiger partial charge in [-0.25, -0.2) is 4.79 Å². The highest BCUT2D eigenvalue weighted by molar-refractivity contribution is 9.10. The minimum absolute atomic E-state index is 0.0606. The zero-order chi connectivity index (χ0) is 23.5. The fourth-order valence-corrected chi connectivity index (χ4v) is 4.88. The summed E-state index contributed by atoms with van der Waals surface area (Å²) in [6, 6.07) is 13.3. The van der Waals surface area contributed by atoms with E-state index >= 15 is 0 Å². The number of methoxy groups -OCH3 is 2. The number of Topliss-reactive ketones (excluding diaryl/α,β-unsaturated/α-hetero) is 1. The molecule has 0 spiro atoms. The number of hydrogen-bond acceptors (Lipinski definition) is 6. The molecule has 2 aromatic rings. The van der Waals surface area contributed by atoms with Crippen molar-refractivity contribution in [2.45, 2.75) is 38.7 Å². The molecule has 6 nitrogen and oxygen atoms in total. The number of esters is 1. The highest BCUT2D eigenvalue weighted by Crippen LogP contribution is 2.43. The molecule has 4 rings (SSSR count). The van der Waals surface area contributed by atoms with Gasteiger partial charge in [-0.1, -0.05) is 28.1 Å². The smallest absolute Gasteiger partial charge is 0.336 e. The van der Waals surface area contributed by atoms with Gasteiger partial charge >= 0.3 is 5.97 Å². The van der Waals surface area contributed by atoms with Crippen molar-refractivity contribution in [2.75, 3.05) is 14.2 Å². The summed E-state index contributed by atoms with van der Waals surface area (Å²) >= 11 is 3.45. The maximum atomic E-state index is 13.0. The van der Waals surface area contributed by atoms with Crippen LogP contribution in [0.1, 0.15) is 43.2 Å². The van der Waals surface area contributed by atoms with Gasteiger partial charge in [-0.2, -0.15) is 0 Å². The Labute approximate surface area is 201 Å². The molecule has 0 saturated carbocycles. The molecular weight excluding hydrogens is 486 g/mol. The standard InChI is InChI=1S/C26H26BrNO5/c1-15-23(26(30)32-3)24(25-20(28-15)8-5-9-21(25)29)16-10-11-22(31-2)17(12-16)14-33-19-7-4-6-18(27)13-19/h4,6-7,10-13,24,28H,5,8-9,14H2,1-3H3/t24-/m0/s1. The lowest BCUT2D eigenvalue weighted by Crippen LogP contribution is -2.34. The number of halogens is 1. The average Bonchev–Trinajstić information content (AvgIpc) is 2.81. The lowest BCUT2D eigenvalue weighted by Gasteiger charge is -2.34. The Bertz CT molecular complexity index is 1170. The summed E-state index contributed by atoms with van der Waals surface area (Å²) in [6.07, 6.45) is 2.05. The Morgan fingerprint density at radius 1 is 1.15 bits per heavy atom. The van der Waals surface area contributed by atoms with Gasteiger partial charge in [-0.05, 0) is 55.7 Å². The van der Waals surface area contributed by atoms with Crippen LogP contribution in [-0.2, 0) is 20.9 Å². The van der Waals surface area contributed by atoms with E-state index in [0.29, 0.717) is 29.0 Å². The summed E-state index contributed by atoms with van der Waals surface area (Å²) in [5, 5.41) is 3.29.